The topological polar surface area (TPSA) is 50.3 Å². The van der Waals surface area contributed by atoms with Gasteiger partial charge in [0.2, 0.25) is 0 Å². The number of hydrogen-bond acceptors (Lipinski definition) is 5. The Morgan fingerprint density at radius 3 is 2.38 bits per heavy atom. The van der Waals surface area contributed by atoms with Crippen LogP contribution in [0.1, 0.15) is 41.4 Å². The predicted molar refractivity (Wildman–Crippen MR) is 137 cm³/mol. The normalized spacial score (nSPS) is 23.6. The van der Waals surface area contributed by atoms with Gasteiger partial charge < -0.3 is 14.9 Å². The van der Waals surface area contributed by atoms with E-state index in [0.717, 1.165) is 62.5 Å². The fourth-order valence-corrected chi connectivity index (χ4v) is 5.28. The first-order chi connectivity index (χ1) is 16.4. The second-order valence-electron chi connectivity index (χ2n) is 9.85. The summed E-state index contributed by atoms with van der Waals surface area (Å²) in [6, 6.07) is 16.4. The second kappa shape index (κ2) is 10.7. The number of rotatable bonds is 6. The Morgan fingerprint density at radius 2 is 1.74 bits per heavy atom. The van der Waals surface area contributed by atoms with E-state index < -0.39 is 0 Å². The molecule has 2 aromatic carbocycles. The van der Waals surface area contributed by atoms with Crippen LogP contribution in [-0.2, 0) is 0 Å². The van der Waals surface area contributed by atoms with Gasteiger partial charge in [0.15, 0.2) is 0 Å². The minimum absolute atomic E-state index is 0.00298. The molecule has 6 heteroatoms. The zero-order chi connectivity index (χ0) is 24.2. The fourth-order valence-electron chi connectivity index (χ4n) is 5.28. The van der Waals surface area contributed by atoms with E-state index in [1.807, 2.05) is 35.2 Å². The van der Waals surface area contributed by atoms with E-state index in [9.17, 15) is 9.90 Å². The summed E-state index contributed by atoms with van der Waals surface area (Å²) in [5.74, 6) is 0.379. The Labute approximate surface area is 204 Å². The molecule has 2 fully saturated rings. The number of piperazine rings is 2. The number of likely N-dealkylation sites (N-methyl/N-ethyl adjacent to an activating group) is 1. The largest absolute Gasteiger partial charge is 0.508 e. The number of aromatic hydroxyl groups is 1. The molecule has 2 heterocycles. The summed E-state index contributed by atoms with van der Waals surface area (Å²) in [6.07, 6.45) is 1.97. The number of nitrogens with zero attached hydrogens (tertiary/aromatic N) is 4. The maximum Gasteiger partial charge on any atom is 0.253 e. The average molecular weight is 463 g/mol. The molecule has 4 rings (SSSR count). The summed E-state index contributed by atoms with van der Waals surface area (Å²) in [5.41, 5.74) is 2.94. The summed E-state index contributed by atoms with van der Waals surface area (Å²) in [6.45, 7) is 14.6. The van der Waals surface area contributed by atoms with Gasteiger partial charge in [-0.2, -0.15) is 0 Å². The van der Waals surface area contributed by atoms with E-state index in [1.165, 1.54) is 0 Å². The molecule has 3 atom stereocenters. The molecule has 6 nitrogen and oxygen atoms in total. The summed E-state index contributed by atoms with van der Waals surface area (Å²) >= 11 is 0. The van der Waals surface area contributed by atoms with Crippen molar-refractivity contribution < 1.29 is 9.90 Å². The van der Waals surface area contributed by atoms with Crippen LogP contribution in [0.5, 0.6) is 5.75 Å². The van der Waals surface area contributed by atoms with Gasteiger partial charge in [-0.15, -0.1) is 6.58 Å². The molecule has 0 aromatic heterocycles. The van der Waals surface area contributed by atoms with Gasteiger partial charge in [0.1, 0.15) is 5.75 Å². The molecule has 2 aliphatic rings. The highest BCUT2D eigenvalue weighted by Gasteiger charge is 2.34. The molecule has 0 radical (unpaired) electrons. The SMILES string of the molecule is C=CCN1C[C@@H](C)N([C@H](c2ccc(C(=O)N3CCN(C)CC3)cc2)c2cccc(O)c2)C[C@@H]1C. The molecule has 1 amide bonds. The Kier molecular flexibility index (Phi) is 7.71. The molecule has 2 aromatic rings. The van der Waals surface area contributed by atoms with Crippen LogP contribution in [0.15, 0.2) is 61.2 Å². The first-order valence-electron chi connectivity index (χ1n) is 12.3. The standard InChI is InChI=1S/C28H38N4O2/c1-5-13-31-19-22(3)32(20-21(31)2)27(25-7-6-8-26(33)18-25)23-9-11-24(12-10-23)28(34)30-16-14-29(4)15-17-30/h5-12,18,21-22,27,33H,1,13-17,19-20H2,2-4H3/t21-,22+,27+/m0/s1. The lowest BCUT2D eigenvalue weighted by Gasteiger charge is -2.47. The predicted octanol–water partition coefficient (Wildman–Crippen LogP) is 3.45. The van der Waals surface area contributed by atoms with Crippen molar-refractivity contribution in [2.45, 2.75) is 32.0 Å². The number of carbonyl (C=O) groups excluding carboxylic acids is 1. The lowest BCUT2D eigenvalue weighted by molar-refractivity contribution is 0.0306. The van der Waals surface area contributed by atoms with Crippen molar-refractivity contribution >= 4 is 5.91 Å². The van der Waals surface area contributed by atoms with Crippen LogP contribution < -0.4 is 0 Å². The summed E-state index contributed by atoms with van der Waals surface area (Å²) in [5, 5.41) is 10.2. The summed E-state index contributed by atoms with van der Waals surface area (Å²) in [4.78, 5) is 22.2. The molecule has 2 aliphatic heterocycles. The minimum atomic E-state index is 0.00298. The van der Waals surface area contributed by atoms with Crippen LogP contribution in [0, 0.1) is 0 Å². The highest BCUT2D eigenvalue weighted by Crippen LogP contribution is 2.34. The molecular formula is C28H38N4O2. The molecule has 34 heavy (non-hydrogen) atoms. The van der Waals surface area contributed by atoms with Gasteiger partial charge in [-0.25, -0.2) is 0 Å². The van der Waals surface area contributed by atoms with Crippen LogP contribution in [-0.4, -0.2) is 95.6 Å². The van der Waals surface area contributed by atoms with Crippen molar-refractivity contribution in [3.63, 3.8) is 0 Å². The van der Waals surface area contributed by atoms with Gasteiger partial charge in [0.25, 0.3) is 5.91 Å². The Balaban J connectivity index is 1.61. The highest BCUT2D eigenvalue weighted by molar-refractivity contribution is 5.94. The molecule has 0 spiro atoms. The lowest BCUT2D eigenvalue weighted by atomic mass is 9.92. The summed E-state index contributed by atoms with van der Waals surface area (Å²) < 4.78 is 0. The lowest BCUT2D eigenvalue weighted by Crippen LogP contribution is -2.57. The van der Waals surface area contributed by atoms with Gasteiger partial charge in [-0.1, -0.05) is 30.3 Å². The third-order valence-electron chi connectivity index (χ3n) is 7.31. The first-order valence-corrected chi connectivity index (χ1v) is 12.3. The molecule has 0 saturated carbocycles. The van der Waals surface area contributed by atoms with Crippen molar-refractivity contribution in [1.29, 1.82) is 0 Å². The Bertz CT molecular complexity index is 984. The number of hydrogen-bond donors (Lipinski definition) is 1. The van der Waals surface area contributed by atoms with Crippen LogP contribution in [0.4, 0.5) is 0 Å². The Morgan fingerprint density at radius 1 is 1.03 bits per heavy atom. The van der Waals surface area contributed by atoms with E-state index in [0.29, 0.717) is 12.1 Å². The zero-order valence-electron chi connectivity index (χ0n) is 20.7. The Hall–Kier alpha value is -2.67. The van der Waals surface area contributed by atoms with Gasteiger partial charge >= 0.3 is 0 Å². The fraction of sp³-hybridized carbons (Fsp3) is 0.464. The smallest absolute Gasteiger partial charge is 0.253 e. The second-order valence-corrected chi connectivity index (χ2v) is 9.85. The minimum Gasteiger partial charge on any atom is -0.508 e. The van der Waals surface area contributed by atoms with Crippen LogP contribution in [0.25, 0.3) is 0 Å². The van der Waals surface area contributed by atoms with Gasteiger partial charge in [-0.05, 0) is 56.3 Å². The number of carbonyl (C=O) groups is 1. The van der Waals surface area contributed by atoms with Crippen molar-refractivity contribution in [3.05, 3.63) is 77.9 Å². The van der Waals surface area contributed by atoms with Crippen LogP contribution >= 0.6 is 0 Å². The van der Waals surface area contributed by atoms with E-state index in [-0.39, 0.29) is 17.7 Å². The molecule has 182 valence electrons. The molecule has 0 bridgehead atoms. The quantitative estimate of drug-likeness (QED) is 0.667. The van der Waals surface area contributed by atoms with E-state index in [1.54, 1.807) is 6.07 Å². The van der Waals surface area contributed by atoms with Crippen molar-refractivity contribution in [2.75, 3.05) is 52.9 Å². The first kappa shape index (κ1) is 24.5. The molecule has 1 N–H and O–H groups in total. The monoisotopic (exact) mass is 462 g/mol. The van der Waals surface area contributed by atoms with Crippen molar-refractivity contribution in [1.82, 2.24) is 19.6 Å². The summed E-state index contributed by atoms with van der Waals surface area (Å²) in [7, 11) is 2.09. The molecule has 0 unspecified atom stereocenters. The molecule has 0 aliphatic carbocycles. The van der Waals surface area contributed by atoms with Crippen LogP contribution in [0.2, 0.25) is 0 Å². The maximum atomic E-state index is 13.0. The van der Waals surface area contributed by atoms with Gasteiger partial charge in [0, 0.05) is 63.5 Å². The maximum absolute atomic E-state index is 13.0. The number of phenols is 1. The average Bonchev–Trinajstić information content (AvgIpc) is 2.83. The van der Waals surface area contributed by atoms with Gasteiger partial charge in [-0.3, -0.25) is 14.6 Å². The highest BCUT2D eigenvalue weighted by atomic mass is 16.3. The van der Waals surface area contributed by atoms with Gasteiger partial charge in [0.05, 0.1) is 6.04 Å². The van der Waals surface area contributed by atoms with E-state index >= 15 is 0 Å². The molecule has 2 saturated heterocycles. The molecular weight excluding hydrogens is 424 g/mol. The van der Waals surface area contributed by atoms with E-state index in [2.05, 4.69) is 60.4 Å². The third-order valence-corrected chi connectivity index (χ3v) is 7.31. The number of amides is 1. The third kappa shape index (κ3) is 5.35. The number of benzene rings is 2. The van der Waals surface area contributed by atoms with E-state index in [4.69, 9.17) is 0 Å². The number of phenolic OH excluding ortho intramolecular Hbond substituents is 1. The van der Waals surface area contributed by atoms with Crippen LogP contribution in [0.3, 0.4) is 0 Å². The van der Waals surface area contributed by atoms with Crippen molar-refractivity contribution in [3.8, 4) is 5.75 Å². The zero-order valence-corrected chi connectivity index (χ0v) is 20.7. The van der Waals surface area contributed by atoms with Crippen molar-refractivity contribution in [2.24, 2.45) is 0 Å².